The number of imidazole rings is 2. The van der Waals surface area contributed by atoms with Crippen molar-refractivity contribution in [3.05, 3.63) is 63.3 Å². The van der Waals surface area contributed by atoms with Crippen LogP contribution in [-0.4, -0.2) is 41.5 Å². The number of aryl methyl sites for hydroxylation is 3. The van der Waals surface area contributed by atoms with E-state index in [2.05, 4.69) is 15.0 Å². The molecule has 35 heavy (non-hydrogen) atoms. The van der Waals surface area contributed by atoms with Crippen LogP contribution in [-0.2, 0) is 20.6 Å². The first kappa shape index (κ1) is 22.3. The maximum absolute atomic E-state index is 13.3. The van der Waals surface area contributed by atoms with Gasteiger partial charge in [0.1, 0.15) is 0 Å². The minimum absolute atomic E-state index is 0.0982. The van der Waals surface area contributed by atoms with Crippen molar-refractivity contribution < 1.29 is 0 Å². The number of pyridine rings is 2. The van der Waals surface area contributed by atoms with E-state index in [1.54, 1.807) is 64.9 Å². The number of aliphatic imine (C=N–C) groups is 1. The van der Waals surface area contributed by atoms with E-state index in [-0.39, 0.29) is 11.4 Å². The summed E-state index contributed by atoms with van der Waals surface area (Å²) < 4.78 is 6.39. The molecule has 5 rings (SSSR count). The van der Waals surface area contributed by atoms with Crippen LogP contribution < -0.4 is 17.1 Å². The maximum Gasteiger partial charge on any atom is 0.333 e. The Labute approximate surface area is 200 Å². The molecule has 10 nitrogen and oxygen atoms in total. The second-order valence-electron chi connectivity index (χ2n) is 8.51. The van der Waals surface area contributed by atoms with Crippen molar-refractivity contribution in [1.82, 2.24) is 28.2 Å². The van der Waals surface area contributed by atoms with E-state index >= 15 is 0 Å². The van der Waals surface area contributed by atoms with Crippen LogP contribution in [0.25, 0.3) is 49.9 Å². The van der Waals surface area contributed by atoms with E-state index in [9.17, 15) is 9.59 Å². The molecule has 10 heteroatoms. The van der Waals surface area contributed by atoms with Crippen molar-refractivity contribution in [3.8, 4) is 11.1 Å². The van der Waals surface area contributed by atoms with E-state index in [4.69, 9.17) is 5.73 Å². The molecule has 0 aliphatic carbocycles. The number of hydrogen-bond donors (Lipinski definition) is 1. The molecule has 0 spiro atoms. The zero-order valence-corrected chi connectivity index (χ0v) is 20.3. The van der Waals surface area contributed by atoms with Gasteiger partial charge in [-0.3, -0.25) is 28.2 Å². The predicted molar refractivity (Wildman–Crippen MR) is 140 cm³/mol. The van der Waals surface area contributed by atoms with Gasteiger partial charge in [0, 0.05) is 56.7 Å². The van der Waals surface area contributed by atoms with E-state index < -0.39 is 0 Å². The van der Waals surface area contributed by atoms with Crippen LogP contribution in [0.5, 0.6) is 0 Å². The third-order valence-electron chi connectivity index (χ3n) is 6.40. The summed E-state index contributed by atoms with van der Waals surface area (Å²) in [6.07, 6.45) is 5.04. The summed E-state index contributed by atoms with van der Waals surface area (Å²) in [5, 5.41) is 0.794. The molecule has 0 bridgehead atoms. The molecule has 0 saturated heterocycles. The van der Waals surface area contributed by atoms with Gasteiger partial charge in [0.15, 0.2) is 5.65 Å². The Morgan fingerprint density at radius 2 is 1.80 bits per heavy atom. The number of nitrogens with zero attached hydrogens (tertiary/aromatic N) is 7. The van der Waals surface area contributed by atoms with Crippen molar-refractivity contribution in [2.75, 3.05) is 7.05 Å². The van der Waals surface area contributed by atoms with E-state index in [1.807, 2.05) is 31.2 Å². The molecule has 0 amide bonds. The zero-order chi connectivity index (χ0) is 25.0. The van der Waals surface area contributed by atoms with Gasteiger partial charge in [-0.1, -0.05) is 6.07 Å². The Balaban J connectivity index is 1.85. The molecule has 0 unspecified atom stereocenters. The standard InChI is InChI=1S/C25H26N8O2/c1-6-32-19-10-16(11-29-23(19)31(5)24(32)34)15-7-8-18-17(9-15)22-21(13-28-18)30(4)25(35)33(22)20(12-27-3)14(2)26/h7-13H,6,26H2,1-5H3. The molecular weight excluding hydrogens is 444 g/mol. The maximum atomic E-state index is 13.3. The number of allylic oxidation sites excluding steroid dienone is 2. The second kappa shape index (κ2) is 8.08. The fourth-order valence-corrected chi connectivity index (χ4v) is 4.60. The van der Waals surface area contributed by atoms with Crippen molar-refractivity contribution in [2.24, 2.45) is 24.8 Å². The molecule has 178 valence electrons. The van der Waals surface area contributed by atoms with Crippen LogP contribution in [0.4, 0.5) is 0 Å². The normalized spacial score (nSPS) is 12.9. The van der Waals surface area contributed by atoms with Crippen LogP contribution in [0.1, 0.15) is 13.8 Å². The number of nitrogens with two attached hydrogens (primary N) is 1. The lowest BCUT2D eigenvalue weighted by Crippen LogP contribution is -2.23. The Kier molecular flexibility index (Phi) is 5.16. The number of aromatic nitrogens is 6. The average molecular weight is 471 g/mol. The molecule has 1 aromatic carbocycles. The van der Waals surface area contributed by atoms with E-state index in [0.717, 1.165) is 27.5 Å². The Morgan fingerprint density at radius 3 is 2.49 bits per heavy atom. The van der Waals surface area contributed by atoms with Gasteiger partial charge in [0.2, 0.25) is 0 Å². The molecule has 5 aromatic rings. The third-order valence-corrected chi connectivity index (χ3v) is 6.40. The van der Waals surface area contributed by atoms with Gasteiger partial charge in [-0.15, -0.1) is 0 Å². The Hall–Kier alpha value is -4.47. The largest absolute Gasteiger partial charge is 0.401 e. The summed E-state index contributed by atoms with van der Waals surface area (Å²) in [6, 6.07) is 7.85. The third kappa shape index (κ3) is 3.21. The highest BCUT2D eigenvalue weighted by Crippen LogP contribution is 2.30. The molecule has 0 aliphatic rings. The first-order valence-corrected chi connectivity index (χ1v) is 11.2. The van der Waals surface area contributed by atoms with E-state index in [0.29, 0.717) is 34.6 Å². The van der Waals surface area contributed by atoms with Crippen molar-refractivity contribution in [3.63, 3.8) is 0 Å². The topological polar surface area (TPSA) is 118 Å². The van der Waals surface area contributed by atoms with Gasteiger partial charge in [0.05, 0.1) is 34.0 Å². The van der Waals surface area contributed by atoms with Gasteiger partial charge in [-0.25, -0.2) is 14.6 Å². The summed E-state index contributed by atoms with van der Waals surface area (Å²) in [7, 11) is 5.07. The van der Waals surface area contributed by atoms with Crippen LogP contribution in [0.3, 0.4) is 0 Å². The first-order valence-electron chi connectivity index (χ1n) is 11.2. The fourth-order valence-electron chi connectivity index (χ4n) is 4.60. The molecule has 4 heterocycles. The molecule has 0 fully saturated rings. The minimum Gasteiger partial charge on any atom is -0.401 e. The molecule has 2 N–H and O–H groups in total. The SMILES string of the molecule is CCn1c(=O)n(C)c2ncc(-c3ccc4ncc5c(c4c3)n(C(C=NC)=C(C)N)c(=O)n5C)cc21. The summed E-state index contributed by atoms with van der Waals surface area (Å²) >= 11 is 0. The quantitative estimate of drug-likeness (QED) is 0.405. The van der Waals surface area contributed by atoms with Crippen LogP contribution >= 0.6 is 0 Å². The van der Waals surface area contributed by atoms with Crippen LogP contribution in [0.2, 0.25) is 0 Å². The highest BCUT2D eigenvalue weighted by molar-refractivity contribution is 6.11. The van der Waals surface area contributed by atoms with Crippen molar-refractivity contribution in [1.29, 1.82) is 0 Å². The Bertz CT molecular complexity index is 1820. The molecule has 0 aliphatic heterocycles. The smallest absolute Gasteiger partial charge is 0.333 e. The van der Waals surface area contributed by atoms with Gasteiger partial charge in [-0.05, 0) is 37.6 Å². The lowest BCUT2D eigenvalue weighted by molar-refractivity contribution is 0.711. The van der Waals surface area contributed by atoms with Gasteiger partial charge < -0.3 is 5.73 Å². The van der Waals surface area contributed by atoms with Gasteiger partial charge in [-0.2, -0.15) is 0 Å². The van der Waals surface area contributed by atoms with Crippen molar-refractivity contribution >= 4 is 45.0 Å². The molecule has 0 atom stereocenters. The van der Waals surface area contributed by atoms with Crippen LogP contribution in [0, 0.1) is 0 Å². The number of rotatable bonds is 4. The molecule has 4 aromatic heterocycles. The lowest BCUT2D eigenvalue weighted by Gasteiger charge is -2.10. The Morgan fingerprint density at radius 1 is 1.03 bits per heavy atom. The summed E-state index contributed by atoms with van der Waals surface area (Å²) in [5.41, 5.74) is 12.1. The monoisotopic (exact) mass is 470 g/mol. The zero-order valence-electron chi connectivity index (χ0n) is 20.3. The van der Waals surface area contributed by atoms with Crippen LogP contribution in [0.15, 0.2) is 56.9 Å². The van der Waals surface area contributed by atoms with Gasteiger partial charge in [0.25, 0.3) is 0 Å². The summed E-state index contributed by atoms with van der Waals surface area (Å²) in [6.45, 7) is 4.22. The number of benzene rings is 1. The average Bonchev–Trinajstić information content (AvgIpc) is 3.25. The minimum atomic E-state index is -0.237. The molecular formula is C25H26N8O2. The summed E-state index contributed by atoms with van der Waals surface area (Å²) in [5.74, 6) is 0. The second-order valence-corrected chi connectivity index (χ2v) is 8.51. The number of fused-ring (bicyclic) bond motifs is 4. The van der Waals surface area contributed by atoms with Crippen molar-refractivity contribution in [2.45, 2.75) is 20.4 Å². The molecule has 0 radical (unpaired) electrons. The highest BCUT2D eigenvalue weighted by Gasteiger charge is 2.19. The van der Waals surface area contributed by atoms with E-state index in [1.165, 1.54) is 0 Å². The molecule has 0 saturated carbocycles. The highest BCUT2D eigenvalue weighted by atomic mass is 16.2. The van der Waals surface area contributed by atoms with Gasteiger partial charge >= 0.3 is 11.4 Å². The number of hydrogen-bond acceptors (Lipinski definition) is 6. The predicted octanol–water partition coefficient (Wildman–Crippen LogP) is 2.47. The first-order chi connectivity index (χ1) is 16.8. The summed E-state index contributed by atoms with van der Waals surface area (Å²) in [4.78, 5) is 39.1. The lowest BCUT2D eigenvalue weighted by atomic mass is 10.0. The fraction of sp³-hybridized carbons (Fsp3) is 0.240.